The minimum absolute atomic E-state index is 0. The topological polar surface area (TPSA) is 0 Å². The third-order valence-electron chi connectivity index (χ3n) is 0. The number of hydrogen-bond donors (Lipinski definition) is 0. The molecule has 0 saturated heterocycles. The van der Waals surface area contributed by atoms with Crippen LogP contribution in [0.1, 0.15) is 0 Å². The van der Waals surface area contributed by atoms with Gasteiger partial charge in [-0.05, 0) is 0 Å². The summed E-state index contributed by atoms with van der Waals surface area (Å²) in [5.41, 5.74) is 0. The summed E-state index contributed by atoms with van der Waals surface area (Å²) >= 11 is 0. The predicted octanol–water partition coefficient (Wildman–Crippen LogP) is -0.386. The van der Waals surface area contributed by atoms with Crippen LogP contribution in [-0.2, 0) is 36.3 Å². The Labute approximate surface area is 100 Å². The molecular formula is CeCoRuSb. The first kappa shape index (κ1) is 26.5. The van der Waals surface area contributed by atoms with E-state index in [1.54, 1.807) is 0 Å². The summed E-state index contributed by atoms with van der Waals surface area (Å²) in [4.78, 5) is 0. The molecule has 0 rings (SSSR count). The van der Waals surface area contributed by atoms with Gasteiger partial charge in [0.2, 0.25) is 0 Å². The van der Waals surface area contributed by atoms with Crippen LogP contribution in [0.5, 0.6) is 0 Å². The molecule has 0 aliphatic rings. The monoisotopic (exact) mass is 422 g/mol. The SMILES string of the molecule is [Ce].[Co].[Ru].[Sb]. The summed E-state index contributed by atoms with van der Waals surface area (Å²) < 4.78 is 0. The molecule has 26 valence electrons. The Hall–Kier alpha value is 3.32. The van der Waals surface area contributed by atoms with Crippen LogP contribution in [-0.4, -0.2) is 24.4 Å². The van der Waals surface area contributed by atoms with Crippen molar-refractivity contribution in [3.63, 3.8) is 0 Å². The van der Waals surface area contributed by atoms with E-state index in [9.17, 15) is 0 Å². The quantitative estimate of drug-likeness (QED) is 0.468. The first-order valence-corrected chi connectivity index (χ1v) is 0. The second-order valence-electron chi connectivity index (χ2n) is 0. The second kappa shape index (κ2) is 16.2. The molecule has 0 aliphatic carbocycles. The molecule has 0 aromatic carbocycles. The first-order chi connectivity index (χ1) is 0. The van der Waals surface area contributed by atoms with Crippen molar-refractivity contribution in [2.45, 2.75) is 0 Å². The Balaban J connectivity index is 0. The van der Waals surface area contributed by atoms with Gasteiger partial charge in [-0.3, -0.25) is 0 Å². The van der Waals surface area contributed by atoms with E-state index >= 15 is 0 Å². The van der Waals surface area contributed by atoms with Crippen LogP contribution in [0.2, 0.25) is 0 Å². The van der Waals surface area contributed by atoms with Crippen LogP contribution in [0.25, 0.3) is 0 Å². The smallest absolute Gasteiger partial charge is 0 e. The maximum atomic E-state index is 0. The van der Waals surface area contributed by atoms with Crippen molar-refractivity contribution in [2.75, 3.05) is 0 Å². The average Bonchev–Trinajstić information content (AvgIpc) is 0. The zero-order chi connectivity index (χ0) is 0. The molecule has 0 saturated carbocycles. The van der Waals surface area contributed by atoms with Crippen LogP contribution in [0.3, 0.4) is 0 Å². The molecule has 0 amide bonds. The van der Waals surface area contributed by atoms with E-state index in [1.807, 2.05) is 0 Å². The van der Waals surface area contributed by atoms with Gasteiger partial charge in [0.05, 0.1) is 0 Å². The van der Waals surface area contributed by atoms with Crippen molar-refractivity contribution >= 4 is 24.4 Å². The Kier molecular flexibility index (Phi) is 108. The summed E-state index contributed by atoms with van der Waals surface area (Å²) in [5, 5.41) is 0. The van der Waals surface area contributed by atoms with E-state index in [0.717, 1.165) is 0 Å². The van der Waals surface area contributed by atoms with Crippen molar-refractivity contribution in [1.82, 2.24) is 0 Å². The molecule has 0 bridgehead atoms. The van der Waals surface area contributed by atoms with E-state index in [2.05, 4.69) is 0 Å². The van der Waals surface area contributed by atoms with Gasteiger partial charge in [0, 0.05) is 102 Å². The Morgan fingerprint density at radius 3 is 1.00 bits per heavy atom. The zero-order valence-electron chi connectivity index (χ0n) is 1.63. The van der Waals surface area contributed by atoms with Gasteiger partial charge in [-0.1, -0.05) is 0 Å². The van der Waals surface area contributed by atoms with Gasteiger partial charge in [-0.15, -0.1) is 0 Å². The van der Waals surface area contributed by atoms with E-state index in [0.29, 0.717) is 0 Å². The molecule has 4 heavy (non-hydrogen) atoms. The van der Waals surface area contributed by atoms with Crippen molar-refractivity contribution in [3.05, 3.63) is 0 Å². The summed E-state index contributed by atoms with van der Waals surface area (Å²) in [7, 11) is 0. The van der Waals surface area contributed by atoms with E-state index in [1.165, 1.54) is 0 Å². The van der Waals surface area contributed by atoms with E-state index in [4.69, 9.17) is 0 Å². The molecular weight excluding hydrogens is 422 g/mol. The molecule has 0 fully saturated rings. The minimum Gasteiger partial charge on any atom is 0 e. The van der Waals surface area contributed by atoms with Gasteiger partial charge in [-0.25, -0.2) is 0 Å². The molecule has 0 atom stereocenters. The van der Waals surface area contributed by atoms with Crippen molar-refractivity contribution in [1.29, 1.82) is 0 Å². The van der Waals surface area contributed by atoms with Gasteiger partial charge >= 0.3 is 0 Å². The minimum atomic E-state index is 0. The molecule has 0 aliphatic heterocycles. The fourth-order valence-corrected chi connectivity index (χ4v) is 0. The molecule has 4 radical (unpaired) electrons. The third kappa shape index (κ3) is 9.01. The van der Waals surface area contributed by atoms with Crippen LogP contribution >= 0.6 is 0 Å². The van der Waals surface area contributed by atoms with Gasteiger partial charge in [0.25, 0.3) is 0 Å². The Morgan fingerprint density at radius 2 is 1.00 bits per heavy atom. The van der Waals surface area contributed by atoms with Gasteiger partial charge in [-0.2, -0.15) is 0 Å². The van der Waals surface area contributed by atoms with Crippen molar-refractivity contribution < 1.29 is 78.0 Å². The zero-order valence-corrected chi connectivity index (χ0v) is 10.1. The van der Waals surface area contributed by atoms with E-state index < -0.39 is 0 Å². The molecule has 0 nitrogen and oxygen atoms in total. The number of rotatable bonds is 0. The van der Waals surface area contributed by atoms with Gasteiger partial charge in [0.1, 0.15) is 0 Å². The molecule has 4 heteroatoms. The van der Waals surface area contributed by atoms with Gasteiger partial charge in [0.15, 0.2) is 0 Å². The van der Waals surface area contributed by atoms with Crippen LogP contribution < -0.4 is 0 Å². The summed E-state index contributed by atoms with van der Waals surface area (Å²) in [6.07, 6.45) is 0. The maximum Gasteiger partial charge on any atom is 0 e. The first-order valence-electron chi connectivity index (χ1n) is 0. The Morgan fingerprint density at radius 1 is 1.00 bits per heavy atom. The molecule has 0 aromatic rings. The predicted molar refractivity (Wildman–Crippen MR) is 5.75 cm³/mol. The number of hydrogen-bond acceptors (Lipinski definition) is 0. The van der Waals surface area contributed by atoms with E-state index in [-0.39, 0.29) is 102 Å². The van der Waals surface area contributed by atoms with Crippen LogP contribution in [0.4, 0.5) is 0 Å². The van der Waals surface area contributed by atoms with Gasteiger partial charge < -0.3 is 0 Å². The molecule has 0 unspecified atom stereocenters. The summed E-state index contributed by atoms with van der Waals surface area (Å²) in [5.74, 6) is 0. The Bertz CT molecular complexity index is 8.00. The third-order valence-corrected chi connectivity index (χ3v) is 0. The fraction of sp³-hybridized carbons (Fsp3) is 0. The second-order valence-corrected chi connectivity index (χ2v) is 0. The standard InChI is InChI=1S/Ce.Co.Ru.Sb. The normalized spacial score (nSPS) is 0. The summed E-state index contributed by atoms with van der Waals surface area (Å²) in [6.45, 7) is 0. The molecule has 0 heterocycles. The molecule has 0 aromatic heterocycles. The molecule has 0 spiro atoms. The largest absolute Gasteiger partial charge is 0 e. The summed E-state index contributed by atoms with van der Waals surface area (Å²) in [6, 6.07) is 0. The van der Waals surface area contributed by atoms with Crippen LogP contribution in [0, 0.1) is 41.7 Å². The molecule has 0 N–H and O–H groups in total. The average molecular weight is 422 g/mol. The van der Waals surface area contributed by atoms with Crippen molar-refractivity contribution in [2.24, 2.45) is 0 Å². The van der Waals surface area contributed by atoms with Crippen LogP contribution in [0.15, 0.2) is 0 Å². The fourth-order valence-electron chi connectivity index (χ4n) is 0. The maximum absolute atomic E-state index is 0. The van der Waals surface area contributed by atoms with Crippen molar-refractivity contribution in [3.8, 4) is 0 Å².